The standard InChI is InChI=1S/C13H15N3O2/c1-18-10-2-3-12-11(8-17)15-13(16(12)7-10)9-4-5-14-6-9/h2-3,7-9,14H,4-6H2,1H3. The quantitative estimate of drug-likeness (QED) is 0.826. The number of imidazole rings is 1. The summed E-state index contributed by atoms with van der Waals surface area (Å²) in [5, 5.41) is 3.32. The summed E-state index contributed by atoms with van der Waals surface area (Å²) in [7, 11) is 1.63. The molecule has 2 aromatic rings. The maximum atomic E-state index is 11.1. The lowest BCUT2D eigenvalue weighted by Crippen LogP contribution is -2.10. The molecule has 1 atom stereocenters. The van der Waals surface area contributed by atoms with E-state index < -0.39 is 0 Å². The van der Waals surface area contributed by atoms with Gasteiger partial charge in [0.1, 0.15) is 17.3 Å². The maximum absolute atomic E-state index is 11.1. The average molecular weight is 245 g/mol. The first kappa shape index (κ1) is 11.2. The van der Waals surface area contributed by atoms with Crippen LogP contribution in [0.3, 0.4) is 0 Å². The SMILES string of the molecule is COc1ccc2c(C=O)nc(C3CCNC3)n2c1. The Kier molecular flexibility index (Phi) is 2.76. The summed E-state index contributed by atoms with van der Waals surface area (Å²) in [6.07, 6.45) is 3.76. The van der Waals surface area contributed by atoms with Gasteiger partial charge in [0, 0.05) is 12.5 Å². The molecule has 1 fully saturated rings. The van der Waals surface area contributed by atoms with Gasteiger partial charge >= 0.3 is 0 Å². The molecule has 3 heterocycles. The first-order valence-corrected chi connectivity index (χ1v) is 6.05. The Bertz CT molecular complexity index is 585. The summed E-state index contributed by atoms with van der Waals surface area (Å²) in [4.78, 5) is 15.5. The minimum atomic E-state index is 0.360. The second-order valence-corrected chi connectivity index (χ2v) is 4.49. The van der Waals surface area contributed by atoms with E-state index in [4.69, 9.17) is 4.74 Å². The Hall–Kier alpha value is -1.88. The molecule has 3 rings (SSSR count). The smallest absolute Gasteiger partial charge is 0.170 e. The van der Waals surface area contributed by atoms with Crippen molar-refractivity contribution in [2.45, 2.75) is 12.3 Å². The number of aldehydes is 1. The third-order valence-electron chi connectivity index (χ3n) is 3.44. The summed E-state index contributed by atoms with van der Waals surface area (Å²) in [6, 6.07) is 3.72. The number of methoxy groups -OCH3 is 1. The number of fused-ring (bicyclic) bond motifs is 1. The number of rotatable bonds is 3. The summed E-state index contributed by atoms with van der Waals surface area (Å²) in [6.45, 7) is 1.91. The molecule has 2 aromatic heterocycles. The van der Waals surface area contributed by atoms with Crippen molar-refractivity contribution in [3.8, 4) is 5.75 Å². The molecule has 1 aliphatic rings. The molecule has 1 N–H and O–H groups in total. The number of carbonyl (C=O) groups excluding carboxylic acids is 1. The van der Waals surface area contributed by atoms with Gasteiger partial charge in [0.15, 0.2) is 6.29 Å². The van der Waals surface area contributed by atoms with E-state index in [1.54, 1.807) is 7.11 Å². The van der Waals surface area contributed by atoms with Gasteiger partial charge in [-0.25, -0.2) is 4.98 Å². The number of hydrogen-bond acceptors (Lipinski definition) is 4. The highest BCUT2D eigenvalue weighted by Gasteiger charge is 2.23. The molecule has 1 unspecified atom stereocenters. The lowest BCUT2D eigenvalue weighted by atomic mass is 10.1. The van der Waals surface area contributed by atoms with Crippen molar-refractivity contribution in [3.05, 3.63) is 29.8 Å². The molecule has 94 valence electrons. The van der Waals surface area contributed by atoms with E-state index in [2.05, 4.69) is 10.3 Å². The van der Waals surface area contributed by atoms with Crippen molar-refractivity contribution >= 4 is 11.8 Å². The number of hydrogen-bond donors (Lipinski definition) is 1. The first-order valence-electron chi connectivity index (χ1n) is 6.05. The summed E-state index contributed by atoms with van der Waals surface area (Å²) < 4.78 is 7.20. The van der Waals surface area contributed by atoms with E-state index >= 15 is 0 Å². The van der Waals surface area contributed by atoms with Gasteiger partial charge in [0.2, 0.25) is 0 Å². The molecule has 5 heteroatoms. The molecule has 0 radical (unpaired) electrons. The highest BCUT2D eigenvalue weighted by atomic mass is 16.5. The van der Waals surface area contributed by atoms with Crippen molar-refractivity contribution in [2.24, 2.45) is 0 Å². The Morgan fingerprint density at radius 1 is 1.56 bits per heavy atom. The third-order valence-corrected chi connectivity index (χ3v) is 3.44. The average Bonchev–Trinajstić information content (AvgIpc) is 3.04. The second kappa shape index (κ2) is 4.42. The molecule has 18 heavy (non-hydrogen) atoms. The van der Waals surface area contributed by atoms with E-state index in [0.717, 1.165) is 42.9 Å². The van der Waals surface area contributed by atoms with Crippen molar-refractivity contribution < 1.29 is 9.53 Å². The Balaban J connectivity index is 2.19. The molecule has 0 aliphatic carbocycles. The predicted octanol–water partition coefficient (Wildman–Crippen LogP) is 1.23. The Morgan fingerprint density at radius 2 is 2.44 bits per heavy atom. The fraction of sp³-hybridized carbons (Fsp3) is 0.385. The van der Waals surface area contributed by atoms with Crippen LogP contribution in [0.15, 0.2) is 18.3 Å². The van der Waals surface area contributed by atoms with Crippen LogP contribution in [0.4, 0.5) is 0 Å². The number of pyridine rings is 1. The van der Waals surface area contributed by atoms with E-state index in [1.807, 2.05) is 22.7 Å². The van der Waals surface area contributed by atoms with Gasteiger partial charge in [0.05, 0.1) is 18.8 Å². The molecule has 5 nitrogen and oxygen atoms in total. The number of carbonyl (C=O) groups is 1. The number of nitrogens with one attached hydrogen (secondary N) is 1. The van der Waals surface area contributed by atoms with Crippen LogP contribution in [-0.2, 0) is 0 Å². The number of nitrogens with zero attached hydrogens (tertiary/aromatic N) is 2. The molecular formula is C13H15N3O2. The first-order chi connectivity index (χ1) is 8.83. The summed E-state index contributed by atoms with van der Waals surface area (Å²) >= 11 is 0. The van der Waals surface area contributed by atoms with Crippen molar-refractivity contribution in [1.82, 2.24) is 14.7 Å². The molecule has 0 aromatic carbocycles. The van der Waals surface area contributed by atoms with Crippen molar-refractivity contribution in [2.75, 3.05) is 20.2 Å². The predicted molar refractivity (Wildman–Crippen MR) is 67.4 cm³/mol. The fourth-order valence-electron chi connectivity index (χ4n) is 2.48. The van der Waals surface area contributed by atoms with Crippen LogP contribution in [0.5, 0.6) is 5.75 Å². The zero-order valence-corrected chi connectivity index (χ0v) is 10.2. The zero-order chi connectivity index (χ0) is 12.5. The van der Waals surface area contributed by atoms with Gasteiger partial charge in [-0.3, -0.25) is 9.20 Å². The van der Waals surface area contributed by atoms with Crippen LogP contribution in [0.1, 0.15) is 28.7 Å². The molecule has 0 spiro atoms. The molecular weight excluding hydrogens is 230 g/mol. The minimum absolute atomic E-state index is 0.360. The topological polar surface area (TPSA) is 55.6 Å². The third kappa shape index (κ3) is 1.67. The van der Waals surface area contributed by atoms with Gasteiger partial charge in [-0.15, -0.1) is 0 Å². The van der Waals surface area contributed by atoms with Gasteiger partial charge in [0.25, 0.3) is 0 Å². The molecule has 1 saturated heterocycles. The zero-order valence-electron chi connectivity index (χ0n) is 10.2. The van der Waals surface area contributed by atoms with Crippen LogP contribution in [0, 0.1) is 0 Å². The highest BCUT2D eigenvalue weighted by molar-refractivity contribution is 5.84. The van der Waals surface area contributed by atoms with Crippen LogP contribution >= 0.6 is 0 Å². The Labute approximate surface area is 105 Å². The van der Waals surface area contributed by atoms with E-state index in [-0.39, 0.29) is 0 Å². The number of ether oxygens (including phenoxy) is 1. The molecule has 0 saturated carbocycles. The molecule has 0 amide bonds. The Morgan fingerprint density at radius 3 is 3.11 bits per heavy atom. The van der Waals surface area contributed by atoms with Crippen LogP contribution in [-0.4, -0.2) is 35.9 Å². The van der Waals surface area contributed by atoms with E-state index in [9.17, 15) is 4.79 Å². The highest BCUT2D eigenvalue weighted by Crippen LogP contribution is 2.25. The maximum Gasteiger partial charge on any atom is 0.170 e. The largest absolute Gasteiger partial charge is 0.495 e. The second-order valence-electron chi connectivity index (χ2n) is 4.49. The minimum Gasteiger partial charge on any atom is -0.495 e. The van der Waals surface area contributed by atoms with E-state index in [1.165, 1.54) is 0 Å². The summed E-state index contributed by atoms with van der Waals surface area (Å²) in [5.41, 5.74) is 1.34. The van der Waals surface area contributed by atoms with Crippen LogP contribution in [0.2, 0.25) is 0 Å². The lowest BCUT2D eigenvalue weighted by molar-refractivity contribution is 0.112. The van der Waals surface area contributed by atoms with Crippen molar-refractivity contribution in [3.63, 3.8) is 0 Å². The van der Waals surface area contributed by atoms with Gasteiger partial charge in [-0.05, 0) is 25.1 Å². The lowest BCUT2D eigenvalue weighted by Gasteiger charge is -2.08. The molecule has 0 bridgehead atoms. The van der Waals surface area contributed by atoms with Crippen molar-refractivity contribution in [1.29, 1.82) is 0 Å². The van der Waals surface area contributed by atoms with E-state index in [0.29, 0.717) is 11.6 Å². The normalized spacial score (nSPS) is 19.3. The molecule has 1 aliphatic heterocycles. The van der Waals surface area contributed by atoms with Gasteiger partial charge < -0.3 is 10.1 Å². The van der Waals surface area contributed by atoms with Gasteiger partial charge in [-0.2, -0.15) is 0 Å². The monoisotopic (exact) mass is 245 g/mol. The van der Waals surface area contributed by atoms with Gasteiger partial charge in [-0.1, -0.05) is 0 Å². The number of aromatic nitrogens is 2. The van der Waals surface area contributed by atoms with Crippen LogP contribution < -0.4 is 10.1 Å². The fourth-order valence-corrected chi connectivity index (χ4v) is 2.48. The van der Waals surface area contributed by atoms with Crippen LogP contribution in [0.25, 0.3) is 5.52 Å². The summed E-state index contributed by atoms with van der Waals surface area (Å²) in [5.74, 6) is 2.07.